The highest BCUT2D eigenvalue weighted by atomic mass is 19.1. The molecule has 8 aromatic carbocycles. The first kappa shape index (κ1) is 35.1. The predicted molar refractivity (Wildman–Crippen MR) is 250 cm³/mol. The Kier molecular flexibility index (Phi) is 7.30. The summed E-state index contributed by atoms with van der Waals surface area (Å²) in [5, 5.41) is 8.44. The Bertz CT molecular complexity index is 3950. The van der Waals surface area contributed by atoms with Crippen LogP contribution < -0.4 is 0 Å². The van der Waals surface area contributed by atoms with Gasteiger partial charge in [0.25, 0.3) is 0 Å². The second-order valence-corrected chi connectivity index (χ2v) is 16.6. The van der Waals surface area contributed by atoms with Crippen LogP contribution in [0.3, 0.4) is 0 Å². The Morgan fingerprint density at radius 2 is 0.935 bits per heavy atom. The molecule has 62 heavy (non-hydrogen) atoms. The van der Waals surface area contributed by atoms with E-state index in [9.17, 15) is 0 Å². The number of halogens is 2. The van der Waals surface area contributed by atoms with Crippen LogP contribution >= 0.6 is 0 Å². The van der Waals surface area contributed by atoms with Crippen molar-refractivity contribution in [2.75, 3.05) is 0 Å². The Morgan fingerprint density at radius 3 is 1.56 bits per heavy atom. The summed E-state index contributed by atoms with van der Waals surface area (Å²) in [5.41, 5.74) is 11.4. The minimum absolute atomic E-state index is 0.278. The van der Waals surface area contributed by atoms with Crippen molar-refractivity contribution in [1.82, 2.24) is 9.13 Å². The predicted octanol–water partition coefficient (Wildman–Crippen LogP) is 15.7. The van der Waals surface area contributed by atoms with Crippen molar-refractivity contribution in [3.8, 4) is 0 Å². The molecule has 296 valence electrons. The van der Waals surface area contributed by atoms with E-state index in [2.05, 4.69) is 102 Å². The van der Waals surface area contributed by atoms with E-state index in [4.69, 9.17) is 8.83 Å². The van der Waals surface area contributed by atoms with E-state index in [1.54, 1.807) is 12.1 Å². The summed E-state index contributed by atoms with van der Waals surface area (Å²) in [6.45, 7) is 4.34. The van der Waals surface area contributed by atoms with Crippen LogP contribution in [0.1, 0.15) is 31.0 Å². The molecule has 0 unspecified atom stereocenters. The highest BCUT2D eigenvalue weighted by molar-refractivity contribution is 6.30. The molecule has 0 radical (unpaired) electrons. The summed E-state index contributed by atoms with van der Waals surface area (Å²) in [5.74, 6) is -1.07. The normalized spacial score (nSPS) is 15.4. The van der Waals surface area contributed by atoms with Crippen LogP contribution in [-0.2, 0) is 0 Å². The number of hydrogen-bond acceptors (Lipinski definition) is 2. The first-order valence-corrected chi connectivity index (χ1v) is 21.1. The molecule has 0 saturated carbocycles. The summed E-state index contributed by atoms with van der Waals surface area (Å²) in [4.78, 5) is 0. The maximum atomic E-state index is 17.0. The molecule has 0 amide bonds. The van der Waals surface area contributed by atoms with E-state index in [1.807, 2.05) is 66.7 Å². The zero-order chi connectivity index (χ0) is 41.4. The molecule has 6 heteroatoms. The van der Waals surface area contributed by atoms with Crippen molar-refractivity contribution in [1.29, 1.82) is 0 Å². The standard InChI is InChI=1S/C56H36F2N2O2/c1-31-49(32(2)59-41-23-11-5-17-35(41)51-43(59)27-29-47-53(51)37-19-7-13-25-45(37)61-47)55(34-16-4-10-22-40(34)58)56(50(31)33-15-3-9-21-39(33)57)60-42-24-12-6-18-36(42)52-44(60)28-30-48-54(52)38-20-8-14-26-46(38)62-48/h3-30,32,49H,1-2H3/t32-,49-/m1/s1. The van der Waals surface area contributed by atoms with E-state index in [0.29, 0.717) is 11.1 Å². The molecular weight excluding hydrogens is 771 g/mol. The van der Waals surface area contributed by atoms with E-state index in [0.717, 1.165) is 110 Å². The molecule has 4 aromatic heterocycles. The summed E-state index contributed by atoms with van der Waals surface area (Å²) in [7, 11) is 0. The van der Waals surface area contributed by atoms with E-state index in [1.165, 1.54) is 12.1 Å². The summed E-state index contributed by atoms with van der Waals surface area (Å²) in [6.07, 6.45) is 0. The van der Waals surface area contributed by atoms with Crippen molar-refractivity contribution in [2.24, 2.45) is 5.92 Å². The second kappa shape index (κ2) is 12.9. The zero-order valence-corrected chi connectivity index (χ0v) is 33.8. The minimum atomic E-state index is -0.401. The molecule has 2 atom stereocenters. The van der Waals surface area contributed by atoms with Gasteiger partial charge in [0.1, 0.15) is 34.0 Å². The fourth-order valence-corrected chi connectivity index (χ4v) is 11.1. The average molecular weight is 807 g/mol. The molecule has 4 heterocycles. The number of hydrogen-bond donors (Lipinski definition) is 0. The first-order chi connectivity index (χ1) is 30.5. The van der Waals surface area contributed by atoms with Gasteiger partial charge in [0.05, 0.1) is 22.2 Å². The summed E-state index contributed by atoms with van der Waals surface area (Å²) in [6, 6.07) is 55.3. The number of furan rings is 2. The van der Waals surface area contributed by atoms with Crippen molar-refractivity contribution in [3.05, 3.63) is 198 Å². The number of aromatic nitrogens is 2. The Balaban J connectivity index is 1.19. The summed E-state index contributed by atoms with van der Waals surface area (Å²) < 4.78 is 51.2. The fourth-order valence-electron chi connectivity index (χ4n) is 11.1. The van der Waals surface area contributed by atoms with Gasteiger partial charge in [-0.25, -0.2) is 8.78 Å². The Labute approximate surface area is 353 Å². The molecule has 1 aliphatic rings. The van der Waals surface area contributed by atoms with Gasteiger partial charge in [-0.1, -0.05) is 115 Å². The number of fused-ring (bicyclic) bond motifs is 14. The molecule has 0 aliphatic heterocycles. The number of nitrogens with zero attached hydrogens (tertiary/aromatic N) is 2. The monoisotopic (exact) mass is 806 g/mol. The number of para-hydroxylation sites is 4. The van der Waals surface area contributed by atoms with Crippen LogP contribution in [0.15, 0.2) is 184 Å². The van der Waals surface area contributed by atoms with Crippen LogP contribution in [0.2, 0.25) is 0 Å². The van der Waals surface area contributed by atoms with Crippen LogP contribution in [-0.4, -0.2) is 9.13 Å². The maximum Gasteiger partial charge on any atom is 0.136 e. The van der Waals surface area contributed by atoms with Crippen LogP contribution in [0, 0.1) is 17.6 Å². The molecular formula is C56H36F2N2O2. The van der Waals surface area contributed by atoms with Crippen molar-refractivity contribution < 1.29 is 17.6 Å². The van der Waals surface area contributed by atoms with Crippen LogP contribution in [0.4, 0.5) is 8.78 Å². The maximum absolute atomic E-state index is 17.0. The van der Waals surface area contributed by atoms with E-state index < -0.39 is 5.92 Å². The zero-order valence-electron chi connectivity index (χ0n) is 33.8. The number of allylic oxidation sites excluding steroid dienone is 4. The van der Waals surface area contributed by atoms with Crippen LogP contribution in [0.25, 0.3) is 104 Å². The Hall–Kier alpha value is -7.70. The lowest BCUT2D eigenvalue weighted by Gasteiger charge is -2.28. The lowest BCUT2D eigenvalue weighted by Crippen LogP contribution is -2.19. The van der Waals surface area contributed by atoms with Gasteiger partial charge in [-0.15, -0.1) is 0 Å². The molecule has 4 nitrogen and oxygen atoms in total. The summed E-state index contributed by atoms with van der Waals surface area (Å²) >= 11 is 0. The van der Waals surface area contributed by atoms with Gasteiger partial charge in [-0.05, 0) is 80.1 Å². The van der Waals surface area contributed by atoms with Gasteiger partial charge < -0.3 is 18.0 Å². The number of benzene rings is 8. The highest BCUT2D eigenvalue weighted by Crippen LogP contribution is 2.57. The van der Waals surface area contributed by atoms with Gasteiger partial charge in [0.15, 0.2) is 0 Å². The lowest BCUT2D eigenvalue weighted by atomic mass is 9.84. The fraction of sp³-hybridized carbons (Fsp3) is 0.0714. The van der Waals surface area contributed by atoms with Crippen molar-refractivity contribution in [2.45, 2.75) is 19.9 Å². The number of rotatable bonds is 5. The van der Waals surface area contributed by atoms with Crippen LogP contribution in [0.5, 0.6) is 0 Å². The molecule has 0 saturated heterocycles. The molecule has 13 rings (SSSR count). The first-order valence-electron chi connectivity index (χ1n) is 21.1. The topological polar surface area (TPSA) is 36.1 Å². The second-order valence-electron chi connectivity index (χ2n) is 16.6. The van der Waals surface area contributed by atoms with Gasteiger partial charge >= 0.3 is 0 Å². The molecule has 0 spiro atoms. The van der Waals surface area contributed by atoms with Gasteiger partial charge in [0.2, 0.25) is 0 Å². The largest absolute Gasteiger partial charge is 0.456 e. The van der Waals surface area contributed by atoms with E-state index in [-0.39, 0.29) is 17.7 Å². The van der Waals surface area contributed by atoms with Gasteiger partial charge in [-0.3, -0.25) is 0 Å². The van der Waals surface area contributed by atoms with Gasteiger partial charge in [-0.2, -0.15) is 0 Å². The minimum Gasteiger partial charge on any atom is -0.456 e. The molecule has 0 N–H and O–H groups in total. The van der Waals surface area contributed by atoms with Gasteiger partial charge in [0, 0.05) is 77.3 Å². The highest BCUT2D eigenvalue weighted by Gasteiger charge is 2.41. The molecule has 0 fully saturated rings. The quantitative estimate of drug-likeness (QED) is 0.174. The third kappa shape index (κ3) is 4.64. The molecule has 1 aliphatic carbocycles. The smallest absolute Gasteiger partial charge is 0.136 e. The third-order valence-corrected chi connectivity index (χ3v) is 13.5. The van der Waals surface area contributed by atoms with E-state index >= 15 is 8.78 Å². The average Bonchev–Trinajstić information content (AvgIpc) is 4.10. The SMILES string of the molecule is CC1=C(c2ccccc2F)C(n2c3ccccc3c3c4c(ccc32)oc2ccccc24)=C(c2ccccc2F)[C@H]1[C@@H](C)n1c2ccccc2c2c3c(ccc21)oc1ccccc13. The molecule has 0 bridgehead atoms. The lowest BCUT2D eigenvalue weighted by molar-refractivity contribution is 0.497. The molecule has 12 aromatic rings. The van der Waals surface area contributed by atoms with Crippen molar-refractivity contribution >= 4 is 104 Å². The van der Waals surface area contributed by atoms with Crippen molar-refractivity contribution in [3.63, 3.8) is 0 Å². The Morgan fingerprint density at radius 1 is 0.452 bits per heavy atom. The third-order valence-electron chi connectivity index (χ3n) is 13.5.